The molecule has 1 fully saturated rings. The van der Waals surface area contributed by atoms with Crippen molar-refractivity contribution in [3.05, 3.63) is 35.4 Å². The summed E-state index contributed by atoms with van der Waals surface area (Å²) in [5.74, 6) is 0.288. The van der Waals surface area contributed by atoms with Crippen molar-refractivity contribution in [3.8, 4) is 0 Å². The predicted octanol–water partition coefficient (Wildman–Crippen LogP) is 3.03. The summed E-state index contributed by atoms with van der Waals surface area (Å²) in [6.45, 7) is 7.34. The van der Waals surface area contributed by atoms with E-state index in [1.165, 1.54) is 12.1 Å². The highest BCUT2D eigenvalue weighted by molar-refractivity contribution is 5.80. The summed E-state index contributed by atoms with van der Waals surface area (Å²) in [5, 5.41) is 6.55. The second-order valence-corrected chi connectivity index (χ2v) is 5.75. The van der Waals surface area contributed by atoms with Gasteiger partial charge in [-0.3, -0.25) is 4.99 Å². The Bertz CT molecular complexity index is 516. The maximum atomic E-state index is 13.7. The van der Waals surface area contributed by atoms with E-state index < -0.39 is 11.6 Å². The Morgan fingerprint density at radius 2 is 2.14 bits per heavy atom. The van der Waals surface area contributed by atoms with Crippen LogP contribution in [-0.4, -0.2) is 25.1 Å². The van der Waals surface area contributed by atoms with Crippen molar-refractivity contribution in [1.82, 2.24) is 10.6 Å². The number of hydrogen-bond acceptors (Lipinski definition) is 1. The first-order chi connectivity index (χ1) is 10.0. The minimum atomic E-state index is -0.551. The van der Waals surface area contributed by atoms with E-state index in [0.29, 0.717) is 24.1 Å². The number of rotatable bonds is 5. The molecule has 1 saturated carbocycles. The van der Waals surface area contributed by atoms with Crippen molar-refractivity contribution >= 4 is 5.96 Å². The van der Waals surface area contributed by atoms with Gasteiger partial charge in [-0.05, 0) is 30.9 Å². The fourth-order valence-electron chi connectivity index (χ4n) is 2.25. The molecule has 1 aliphatic rings. The van der Waals surface area contributed by atoms with Crippen molar-refractivity contribution in [2.24, 2.45) is 10.9 Å². The van der Waals surface area contributed by atoms with Crippen LogP contribution in [0.25, 0.3) is 0 Å². The van der Waals surface area contributed by atoms with Gasteiger partial charge in [-0.15, -0.1) is 0 Å². The summed E-state index contributed by atoms with van der Waals surface area (Å²) in [4.78, 5) is 4.50. The fraction of sp³-hybridized carbons (Fsp3) is 0.562. The van der Waals surface area contributed by atoms with Gasteiger partial charge in [0.25, 0.3) is 0 Å². The number of nitrogens with one attached hydrogen (secondary N) is 2. The summed E-state index contributed by atoms with van der Waals surface area (Å²) in [6.07, 6.45) is 1.16. The first-order valence-electron chi connectivity index (χ1n) is 7.51. The summed E-state index contributed by atoms with van der Waals surface area (Å²) in [6, 6.07) is 4.19. The van der Waals surface area contributed by atoms with Gasteiger partial charge >= 0.3 is 0 Å². The van der Waals surface area contributed by atoms with Crippen molar-refractivity contribution in [2.75, 3.05) is 13.1 Å². The van der Waals surface area contributed by atoms with Crippen LogP contribution in [0.4, 0.5) is 8.78 Å². The second-order valence-electron chi connectivity index (χ2n) is 5.75. The molecule has 1 aliphatic carbocycles. The van der Waals surface area contributed by atoms with Crippen LogP contribution in [0, 0.1) is 17.6 Å². The Morgan fingerprint density at radius 1 is 1.43 bits per heavy atom. The zero-order valence-corrected chi connectivity index (χ0v) is 12.8. The van der Waals surface area contributed by atoms with Gasteiger partial charge in [0.15, 0.2) is 5.96 Å². The fourth-order valence-corrected chi connectivity index (χ4v) is 2.25. The van der Waals surface area contributed by atoms with Crippen molar-refractivity contribution < 1.29 is 8.78 Å². The van der Waals surface area contributed by atoms with Crippen LogP contribution in [0.1, 0.15) is 38.7 Å². The number of halogens is 2. The standard InChI is InChI=1S/C16H23F2N3/c1-4-19-16(21-15-7-10(15)2)20-9-11(3)13-6-5-12(17)8-14(13)18/h5-6,8,10-11,15H,4,7,9H2,1-3H3,(H2,19,20,21). The largest absolute Gasteiger partial charge is 0.357 e. The van der Waals surface area contributed by atoms with Gasteiger partial charge in [0, 0.05) is 31.1 Å². The minimum Gasteiger partial charge on any atom is -0.357 e. The molecule has 0 radical (unpaired) electrons. The first kappa shape index (κ1) is 15.7. The molecule has 0 heterocycles. The topological polar surface area (TPSA) is 36.4 Å². The zero-order valence-electron chi connectivity index (χ0n) is 12.8. The van der Waals surface area contributed by atoms with E-state index in [1.54, 1.807) is 0 Å². The average Bonchev–Trinajstić information content (AvgIpc) is 3.11. The third kappa shape index (κ3) is 4.41. The predicted molar refractivity (Wildman–Crippen MR) is 81.5 cm³/mol. The molecule has 2 rings (SSSR count). The quantitative estimate of drug-likeness (QED) is 0.647. The molecule has 3 nitrogen and oxygen atoms in total. The summed E-state index contributed by atoms with van der Waals surface area (Å²) >= 11 is 0. The van der Waals surface area contributed by atoms with Gasteiger partial charge in [0.1, 0.15) is 11.6 Å². The highest BCUT2D eigenvalue weighted by Crippen LogP contribution is 2.28. The van der Waals surface area contributed by atoms with Gasteiger partial charge in [0.2, 0.25) is 0 Å². The molecule has 2 N–H and O–H groups in total. The Labute approximate surface area is 124 Å². The summed E-state index contributed by atoms with van der Waals surface area (Å²) in [5.41, 5.74) is 0.496. The molecule has 3 atom stereocenters. The van der Waals surface area contributed by atoms with Crippen LogP contribution < -0.4 is 10.6 Å². The lowest BCUT2D eigenvalue weighted by molar-refractivity contribution is 0.560. The number of aliphatic imine (C=N–C) groups is 1. The number of guanidine groups is 1. The van der Waals surface area contributed by atoms with Gasteiger partial charge in [-0.25, -0.2) is 8.78 Å². The molecule has 0 bridgehead atoms. The molecular weight excluding hydrogens is 272 g/mol. The van der Waals surface area contributed by atoms with E-state index in [1.807, 2.05) is 13.8 Å². The van der Waals surface area contributed by atoms with Gasteiger partial charge in [-0.1, -0.05) is 19.9 Å². The molecule has 0 aliphatic heterocycles. The monoisotopic (exact) mass is 295 g/mol. The van der Waals surface area contributed by atoms with Crippen molar-refractivity contribution in [1.29, 1.82) is 0 Å². The smallest absolute Gasteiger partial charge is 0.191 e. The Balaban J connectivity index is 1.98. The van der Waals surface area contributed by atoms with Crippen LogP contribution >= 0.6 is 0 Å². The molecule has 0 saturated heterocycles. The van der Waals surface area contributed by atoms with Crippen LogP contribution in [0.5, 0.6) is 0 Å². The lowest BCUT2D eigenvalue weighted by Crippen LogP contribution is -2.39. The van der Waals surface area contributed by atoms with E-state index in [-0.39, 0.29) is 5.92 Å². The van der Waals surface area contributed by atoms with Crippen LogP contribution in [0.3, 0.4) is 0 Å². The van der Waals surface area contributed by atoms with Crippen LogP contribution in [-0.2, 0) is 0 Å². The molecule has 0 aromatic heterocycles. The second kappa shape index (κ2) is 6.87. The molecule has 0 amide bonds. The average molecular weight is 295 g/mol. The highest BCUT2D eigenvalue weighted by atomic mass is 19.1. The Morgan fingerprint density at radius 3 is 2.71 bits per heavy atom. The van der Waals surface area contributed by atoms with Crippen LogP contribution in [0.15, 0.2) is 23.2 Å². The van der Waals surface area contributed by atoms with E-state index >= 15 is 0 Å². The number of hydrogen-bond donors (Lipinski definition) is 2. The molecular formula is C16H23F2N3. The first-order valence-corrected chi connectivity index (χ1v) is 7.51. The Kier molecular flexibility index (Phi) is 5.15. The van der Waals surface area contributed by atoms with Gasteiger partial charge < -0.3 is 10.6 Å². The third-order valence-corrected chi connectivity index (χ3v) is 3.79. The summed E-state index contributed by atoms with van der Waals surface area (Å²) < 4.78 is 26.6. The minimum absolute atomic E-state index is 0.0994. The van der Waals surface area contributed by atoms with E-state index in [2.05, 4.69) is 22.5 Å². The zero-order chi connectivity index (χ0) is 15.4. The highest BCUT2D eigenvalue weighted by Gasteiger charge is 2.33. The summed E-state index contributed by atoms with van der Waals surface area (Å²) in [7, 11) is 0. The lowest BCUT2D eigenvalue weighted by Gasteiger charge is -2.14. The number of benzene rings is 1. The third-order valence-electron chi connectivity index (χ3n) is 3.79. The number of nitrogens with zero attached hydrogens (tertiary/aromatic N) is 1. The molecule has 21 heavy (non-hydrogen) atoms. The normalized spacial score (nSPS) is 22.8. The maximum Gasteiger partial charge on any atom is 0.191 e. The molecule has 3 unspecified atom stereocenters. The van der Waals surface area contributed by atoms with E-state index in [0.717, 1.165) is 25.0 Å². The molecule has 116 valence electrons. The molecule has 0 spiro atoms. The van der Waals surface area contributed by atoms with Gasteiger partial charge in [0.05, 0.1) is 0 Å². The lowest BCUT2D eigenvalue weighted by atomic mass is 10.0. The molecule has 1 aromatic carbocycles. The molecule has 1 aromatic rings. The SMILES string of the molecule is CCNC(=NCC(C)c1ccc(F)cc1F)NC1CC1C. The van der Waals surface area contributed by atoms with Crippen molar-refractivity contribution in [2.45, 2.75) is 39.2 Å². The van der Waals surface area contributed by atoms with E-state index in [9.17, 15) is 8.78 Å². The van der Waals surface area contributed by atoms with Gasteiger partial charge in [-0.2, -0.15) is 0 Å². The van der Waals surface area contributed by atoms with Crippen molar-refractivity contribution in [3.63, 3.8) is 0 Å². The maximum absolute atomic E-state index is 13.7. The molecule has 5 heteroatoms. The van der Waals surface area contributed by atoms with Crippen LogP contribution in [0.2, 0.25) is 0 Å². The van der Waals surface area contributed by atoms with E-state index in [4.69, 9.17) is 0 Å². The Hall–Kier alpha value is -1.65.